The second-order valence-electron chi connectivity index (χ2n) is 5.98. The highest BCUT2D eigenvalue weighted by Crippen LogP contribution is 2.23. The summed E-state index contributed by atoms with van der Waals surface area (Å²) < 4.78 is 32.0. The van der Waals surface area contributed by atoms with E-state index in [1.54, 1.807) is 25.1 Å². The molecule has 0 aliphatic rings. The van der Waals surface area contributed by atoms with E-state index in [-0.39, 0.29) is 29.9 Å². The van der Waals surface area contributed by atoms with Gasteiger partial charge in [0.2, 0.25) is 15.9 Å². The largest absolute Gasteiger partial charge is 0.383 e. The van der Waals surface area contributed by atoms with Gasteiger partial charge in [-0.05, 0) is 48.9 Å². The van der Waals surface area contributed by atoms with E-state index in [0.717, 1.165) is 5.56 Å². The maximum Gasteiger partial charge on any atom is 0.240 e. The lowest BCUT2D eigenvalue weighted by molar-refractivity contribution is -0.115. The average Bonchev–Trinajstić information content (AvgIpc) is 2.58. The van der Waals surface area contributed by atoms with Gasteiger partial charge < -0.3 is 10.1 Å². The lowest BCUT2D eigenvalue weighted by Crippen LogP contribution is -2.35. The molecule has 9 heteroatoms. The van der Waals surface area contributed by atoms with Gasteiger partial charge in [-0.1, -0.05) is 29.3 Å². The van der Waals surface area contributed by atoms with Gasteiger partial charge >= 0.3 is 0 Å². The summed E-state index contributed by atoms with van der Waals surface area (Å²) >= 11 is 11.8. The van der Waals surface area contributed by atoms with Crippen molar-refractivity contribution in [1.82, 2.24) is 4.72 Å². The van der Waals surface area contributed by atoms with Gasteiger partial charge in [-0.25, -0.2) is 13.1 Å². The van der Waals surface area contributed by atoms with Crippen molar-refractivity contribution in [3.8, 4) is 0 Å². The molecule has 0 aliphatic heterocycles. The number of carbonyl (C=O) groups excluding carboxylic acids is 1. The zero-order valence-electron chi connectivity index (χ0n) is 14.8. The topological polar surface area (TPSA) is 84.5 Å². The molecule has 1 amide bonds. The first-order chi connectivity index (χ1) is 12.7. The Hall–Kier alpha value is -1.64. The zero-order valence-corrected chi connectivity index (χ0v) is 17.2. The molecule has 1 unspecified atom stereocenters. The molecule has 0 bridgehead atoms. The van der Waals surface area contributed by atoms with Crippen LogP contribution in [-0.2, 0) is 26.0 Å². The number of anilines is 1. The van der Waals surface area contributed by atoms with Crippen LogP contribution in [0.3, 0.4) is 0 Å². The molecule has 6 nitrogen and oxygen atoms in total. The predicted molar refractivity (Wildman–Crippen MR) is 107 cm³/mol. The van der Waals surface area contributed by atoms with Crippen LogP contribution in [-0.4, -0.2) is 34.1 Å². The Kier molecular flexibility index (Phi) is 7.64. The van der Waals surface area contributed by atoms with E-state index in [1.165, 1.54) is 31.4 Å². The smallest absolute Gasteiger partial charge is 0.240 e. The minimum atomic E-state index is -3.65. The number of ether oxygens (including phenoxy) is 1. The van der Waals surface area contributed by atoms with Crippen LogP contribution in [0.4, 0.5) is 5.69 Å². The van der Waals surface area contributed by atoms with Gasteiger partial charge in [-0.15, -0.1) is 0 Å². The number of hydrogen-bond acceptors (Lipinski definition) is 4. The lowest BCUT2D eigenvalue weighted by Gasteiger charge is -2.13. The molecule has 2 aromatic rings. The average molecular weight is 431 g/mol. The number of benzene rings is 2. The van der Waals surface area contributed by atoms with E-state index < -0.39 is 10.0 Å². The third kappa shape index (κ3) is 6.48. The first-order valence-corrected chi connectivity index (χ1v) is 10.3. The number of amides is 1. The summed E-state index contributed by atoms with van der Waals surface area (Å²) in [6, 6.07) is 10.5. The molecule has 2 N–H and O–H groups in total. The second kappa shape index (κ2) is 9.52. The normalized spacial score (nSPS) is 12.6. The van der Waals surface area contributed by atoms with Crippen molar-refractivity contribution in [3.05, 3.63) is 58.1 Å². The molecular weight excluding hydrogens is 411 g/mol. The Labute approximate surface area is 168 Å². The fourth-order valence-corrected chi connectivity index (χ4v) is 3.92. The number of methoxy groups -OCH3 is 1. The van der Waals surface area contributed by atoms with Crippen LogP contribution in [0, 0.1) is 0 Å². The number of nitrogens with one attached hydrogen (secondary N) is 2. The van der Waals surface area contributed by atoms with E-state index in [9.17, 15) is 13.2 Å². The van der Waals surface area contributed by atoms with E-state index in [2.05, 4.69) is 10.0 Å². The zero-order chi connectivity index (χ0) is 20.0. The number of hydrogen-bond donors (Lipinski definition) is 2. The van der Waals surface area contributed by atoms with Crippen molar-refractivity contribution in [2.45, 2.75) is 24.3 Å². The SMILES string of the molecule is COCC(C)NS(=O)(=O)c1ccc(NC(=O)Cc2ccc(Cl)c(Cl)c2)cc1. The van der Waals surface area contributed by atoms with Crippen LogP contribution < -0.4 is 10.0 Å². The molecule has 0 saturated heterocycles. The predicted octanol–water partition coefficient (Wildman–Crippen LogP) is 3.49. The molecule has 27 heavy (non-hydrogen) atoms. The van der Waals surface area contributed by atoms with Gasteiger partial charge in [0.25, 0.3) is 0 Å². The molecule has 2 rings (SSSR count). The summed E-state index contributed by atoms with van der Waals surface area (Å²) in [6.45, 7) is 1.97. The van der Waals surface area contributed by atoms with Crippen molar-refractivity contribution in [2.75, 3.05) is 19.0 Å². The summed E-state index contributed by atoms with van der Waals surface area (Å²) in [5.41, 5.74) is 1.21. The minimum Gasteiger partial charge on any atom is -0.383 e. The van der Waals surface area contributed by atoms with Gasteiger partial charge in [-0.2, -0.15) is 0 Å². The molecule has 0 fully saturated rings. The number of rotatable bonds is 8. The second-order valence-corrected chi connectivity index (χ2v) is 8.50. The molecule has 2 aromatic carbocycles. The van der Waals surface area contributed by atoms with Crippen LogP contribution in [0.2, 0.25) is 10.0 Å². The van der Waals surface area contributed by atoms with E-state index in [0.29, 0.717) is 15.7 Å². The number of carbonyl (C=O) groups is 1. The highest BCUT2D eigenvalue weighted by molar-refractivity contribution is 7.89. The Balaban J connectivity index is 2.00. The standard InChI is InChI=1S/C18H20Cl2N2O4S/c1-12(11-26-2)22-27(24,25)15-6-4-14(5-7-15)21-18(23)10-13-3-8-16(19)17(20)9-13/h3-9,12,22H,10-11H2,1-2H3,(H,21,23). The van der Waals surface area contributed by atoms with Crippen molar-refractivity contribution in [2.24, 2.45) is 0 Å². The Bertz CT molecular complexity index is 902. The van der Waals surface area contributed by atoms with Crippen molar-refractivity contribution in [1.29, 1.82) is 0 Å². The van der Waals surface area contributed by atoms with E-state index >= 15 is 0 Å². The molecule has 0 spiro atoms. The maximum atomic E-state index is 12.3. The Morgan fingerprint density at radius 2 is 1.78 bits per heavy atom. The first-order valence-electron chi connectivity index (χ1n) is 8.06. The Morgan fingerprint density at radius 3 is 2.37 bits per heavy atom. The molecule has 0 saturated carbocycles. The molecule has 0 radical (unpaired) electrons. The van der Waals surface area contributed by atoms with Gasteiger partial charge in [0.15, 0.2) is 0 Å². The minimum absolute atomic E-state index is 0.105. The van der Waals surface area contributed by atoms with E-state index in [4.69, 9.17) is 27.9 Å². The van der Waals surface area contributed by atoms with Gasteiger partial charge in [0.05, 0.1) is 28.0 Å². The maximum absolute atomic E-state index is 12.3. The summed E-state index contributed by atoms with van der Waals surface area (Å²) in [6.07, 6.45) is 0.118. The third-order valence-corrected chi connectivity index (χ3v) is 5.91. The highest BCUT2D eigenvalue weighted by atomic mass is 35.5. The van der Waals surface area contributed by atoms with Crippen molar-refractivity contribution in [3.63, 3.8) is 0 Å². The van der Waals surface area contributed by atoms with Crippen LogP contribution in [0.1, 0.15) is 12.5 Å². The fourth-order valence-electron chi connectivity index (χ4n) is 2.37. The van der Waals surface area contributed by atoms with Crippen molar-refractivity contribution < 1.29 is 17.9 Å². The molecule has 0 aliphatic carbocycles. The summed E-state index contributed by atoms with van der Waals surface area (Å²) in [5, 5.41) is 3.52. The lowest BCUT2D eigenvalue weighted by atomic mass is 10.1. The van der Waals surface area contributed by atoms with Gasteiger partial charge in [-0.3, -0.25) is 4.79 Å². The fraction of sp³-hybridized carbons (Fsp3) is 0.278. The van der Waals surface area contributed by atoms with E-state index in [1.807, 2.05) is 0 Å². The molecule has 146 valence electrons. The number of halogens is 2. The highest BCUT2D eigenvalue weighted by Gasteiger charge is 2.17. The summed E-state index contributed by atoms with van der Waals surface area (Å²) in [7, 11) is -2.15. The van der Waals surface area contributed by atoms with Gasteiger partial charge in [0.1, 0.15) is 0 Å². The molecule has 0 heterocycles. The Morgan fingerprint density at radius 1 is 1.11 bits per heavy atom. The monoisotopic (exact) mass is 430 g/mol. The summed E-state index contributed by atoms with van der Waals surface area (Å²) in [4.78, 5) is 12.3. The molecular formula is C18H20Cl2N2O4S. The third-order valence-electron chi connectivity index (χ3n) is 3.57. The van der Waals surface area contributed by atoms with Gasteiger partial charge in [0, 0.05) is 18.8 Å². The quantitative estimate of drug-likeness (QED) is 0.670. The van der Waals surface area contributed by atoms with Crippen LogP contribution in [0.25, 0.3) is 0 Å². The first kappa shape index (κ1) is 21.7. The number of sulfonamides is 1. The molecule has 1 atom stereocenters. The molecule has 0 aromatic heterocycles. The van der Waals surface area contributed by atoms with Crippen LogP contribution in [0.5, 0.6) is 0 Å². The van der Waals surface area contributed by atoms with Crippen LogP contribution in [0.15, 0.2) is 47.4 Å². The van der Waals surface area contributed by atoms with Crippen molar-refractivity contribution >= 4 is 44.8 Å². The van der Waals surface area contributed by atoms with Crippen LogP contribution >= 0.6 is 23.2 Å². The summed E-state index contributed by atoms with van der Waals surface area (Å²) in [5.74, 6) is -0.254.